The van der Waals surface area contributed by atoms with Crippen molar-refractivity contribution < 1.29 is 17.7 Å². The Hall–Kier alpha value is -3.57. The third kappa shape index (κ3) is 3.35. The van der Waals surface area contributed by atoms with E-state index in [1.54, 1.807) is 30.3 Å². The summed E-state index contributed by atoms with van der Waals surface area (Å²) in [5.74, 6) is 5.46. The van der Waals surface area contributed by atoms with Crippen LogP contribution < -0.4 is 10.0 Å². The molecule has 1 amide bonds. The van der Waals surface area contributed by atoms with Crippen LogP contribution in [0.2, 0.25) is 0 Å². The molecular weight excluding hydrogens is 378 g/mol. The normalized spacial score (nSPS) is 12.7. The molecule has 28 heavy (non-hydrogen) atoms. The number of fused-ring (bicyclic) bond motifs is 1. The molecule has 0 fully saturated rings. The molecule has 2 heterocycles. The van der Waals surface area contributed by atoms with Crippen molar-refractivity contribution in [2.45, 2.75) is 18.4 Å². The van der Waals surface area contributed by atoms with Crippen molar-refractivity contribution in [1.29, 1.82) is 0 Å². The lowest BCUT2D eigenvalue weighted by molar-refractivity contribution is 0.0965. The van der Waals surface area contributed by atoms with Gasteiger partial charge in [-0.05, 0) is 42.7 Å². The third-order valence-electron chi connectivity index (χ3n) is 4.34. The number of rotatable bonds is 3. The monoisotopic (exact) mass is 393 g/mol. The van der Waals surface area contributed by atoms with Crippen molar-refractivity contribution in [3.05, 3.63) is 76.7 Å². The van der Waals surface area contributed by atoms with Gasteiger partial charge in [0, 0.05) is 29.3 Å². The molecule has 1 aliphatic rings. The van der Waals surface area contributed by atoms with E-state index in [1.807, 2.05) is 6.92 Å². The van der Waals surface area contributed by atoms with Crippen LogP contribution in [0.4, 0.5) is 5.69 Å². The highest BCUT2D eigenvalue weighted by Gasteiger charge is 2.26. The SMILES string of the molecule is Cc1ccc(NS(=O)(=O)c2cccc(C#Cc3ccon3)c2)c2c1C(=O)NC2. The number of amides is 1. The van der Waals surface area contributed by atoms with Crippen molar-refractivity contribution >= 4 is 21.6 Å². The van der Waals surface area contributed by atoms with Crippen LogP contribution in [0.1, 0.15) is 32.7 Å². The Balaban J connectivity index is 1.65. The molecule has 0 aliphatic carbocycles. The number of benzene rings is 2. The molecule has 2 N–H and O–H groups in total. The van der Waals surface area contributed by atoms with Crippen LogP contribution in [0.5, 0.6) is 0 Å². The lowest BCUT2D eigenvalue weighted by Gasteiger charge is -2.12. The van der Waals surface area contributed by atoms with Gasteiger partial charge in [-0.2, -0.15) is 0 Å². The van der Waals surface area contributed by atoms with Gasteiger partial charge in [0.25, 0.3) is 15.9 Å². The Bertz CT molecular complexity index is 1240. The molecule has 0 radical (unpaired) electrons. The van der Waals surface area contributed by atoms with Gasteiger partial charge in [-0.25, -0.2) is 8.42 Å². The lowest BCUT2D eigenvalue weighted by atomic mass is 10.0. The highest BCUT2D eigenvalue weighted by atomic mass is 32.2. The number of sulfonamides is 1. The van der Waals surface area contributed by atoms with Crippen LogP contribution in [0.3, 0.4) is 0 Å². The second-order valence-electron chi connectivity index (χ2n) is 6.23. The minimum atomic E-state index is -3.85. The molecule has 1 aliphatic heterocycles. The number of nitrogens with zero attached hydrogens (tertiary/aromatic N) is 1. The molecule has 8 heteroatoms. The molecule has 4 rings (SSSR count). The molecular formula is C20H15N3O4S. The zero-order valence-electron chi connectivity index (χ0n) is 14.8. The van der Waals surface area contributed by atoms with Gasteiger partial charge in [0.1, 0.15) is 6.26 Å². The van der Waals surface area contributed by atoms with Gasteiger partial charge in [-0.3, -0.25) is 9.52 Å². The number of hydrogen-bond donors (Lipinski definition) is 2. The molecule has 2 aromatic carbocycles. The zero-order valence-corrected chi connectivity index (χ0v) is 15.6. The maximum atomic E-state index is 12.9. The van der Waals surface area contributed by atoms with Crippen molar-refractivity contribution in [2.75, 3.05) is 4.72 Å². The number of anilines is 1. The van der Waals surface area contributed by atoms with Crippen molar-refractivity contribution in [3.8, 4) is 11.8 Å². The summed E-state index contributed by atoms with van der Waals surface area (Å²) < 4.78 is 33.0. The van der Waals surface area contributed by atoms with Crippen LogP contribution >= 0.6 is 0 Å². The first kappa shape index (κ1) is 17.8. The molecule has 0 spiro atoms. The number of carbonyl (C=O) groups is 1. The van der Waals surface area contributed by atoms with Gasteiger partial charge in [-0.15, -0.1) is 0 Å². The van der Waals surface area contributed by atoms with E-state index in [0.29, 0.717) is 28.1 Å². The predicted octanol–water partition coefficient (Wildman–Crippen LogP) is 2.43. The van der Waals surface area contributed by atoms with Crippen LogP contribution in [-0.2, 0) is 16.6 Å². The fourth-order valence-corrected chi connectivity index (χ4v) is 4.11. The van der Waals surface area contributed by atoms with E-state index in [9.17, 15) is 13.2 Å². The summed E-state index contributed by atoms with van der Waals surface area (Å²) in [6.45, 7) is 2.11. The Kier molecular flexibility index (Phi) is 4.37. The van der Waals surface area contributed by atoms with E-state index in [-0.39, 0.29) is 17.3 Å². The summed E-state index contributed by atoms with van der Waals surface area (Å²) in [7, 11) is -3.85. The number of nitrogens with one attached hydrogen (secondary N) is 2. The number of carbonyl (C=O) groups excluding carboxylic acids is 1. The minimum Gasteiger partial charge on any atom is -0.363 e. The van der Waals surface area contributed by atoms with Gasteiger partial charge in [-0.1, -0.05) is 23.2 Å². The zero-order chi connectivity index (χ0) is 19.7. The summed E-state index contributed by atoms with van der Waals surface area (Å²) in [6.07, 6.45) is 1.41. The van der Waals surface area contributed by atoms with Gasteiger partial charge in [0.15, 0.2) is 5.69 Å². The molecule has 1 aromatic heterocycles. The van der Waals surface area contributed by atoms with Crippen molar-refractivity contribution in [3.63, 3.8) is 0 Å². The molecule has 0 saturated carbocycles. The molecule has 7 nitrogen and oxygen atoms in total. The van der Waals surface area contributed by atoms with E-state index in [2.05, 4.69) is 27.0 Å². The molecule has 0 saturated heterocycles. The first-order valence-electron chi connectivity index (χ1n) is 8.40. The van der Waals surface area contributed by atoms with E-state index < -0.39 is 10.0 Å². The Morgan fingerprint density at radius 3 is 2.82 bits per heavy atom. The summed E-state index contributed by atoms with van der Waals surface area (Å²) in [5.41, 5.74) is 3.34. The fourth-order valence-electron chi connectivity index (χ4n) is 2.98. The van der Waals surface area contributed by atoms with Crippen LogP contribution in [0.25, 0.3) is 0 Å². The molecule has 3 aromatic rings. The summed E-state index contributed by atoms with van der Waals surface area (Å²) in [4.78, 5) is 12.0. The van der Waals surface area contributed by atoms with E-state index in [1.165, 1.54) is 18.4 Å². The first-order chi connectivity index (χ1) is 13.4. The topological polar surface area (TPSA) is 101 Å². The van der Waals surface area contributed by atoms with Gasteiger partial charge in [0.2, 0.25) is 0 Å². The Morgan fingerprint density at radius 1 is 1.18 bits per heavy atom. The Morgan fingerprint density at radius 2 is 2.04 bits per heavy atom. The summed E-state index contributed by atoms with van der Waals surface area (Å²) in [6, 6.07) is 11.3. The molecule has 0 unspecified atom stereocenters. The molecule has 140 valence electrons. The highest BCUT2D eigenvalue weighted by molar-refractivity contribution is 7.92. The maximum Gasteiger partial charge on any atom is 0.261 e. The van der Waals surface area contributed by atoms with E-state index >= 15 is 0 Å². The van der Waals surface area contributed by atoms with E-state index in [0.717, 1.165) is 5.56 Å². The second kappa shape index (κ2) is 6.87. The number of aryl methyl sites for hydroxylation is 1. The standard InChI is InChI=1S/C20H15N3O4S/c1-13-5-8-18(17-12-21-20(24)19(13)17)23-28(25,26)16-4-2-3-14(11-16)6-7-15-9-10-27-22-15/h2-5,8-11,23H,12H2,1H3,(H,21,24). The molecule has 0 atom stereocenters. The van der Waals surface area contributed by atoms with Crippen LogP contribution in [0.15, 0.2) is 58.1 Å². The fraction of sp³-hybridized carbons (Fsp3) is 0.100. The van der Waals surface area contributed by atoms with Gasteiger partial charge < -0.3 is 9.84 Å². The van der Waals surface area contributed by atoms with Gasteiger partial charge >= 0.3 is 0 Å². The smallest absolute Gasteiger partial charge is 0.261 e. The first-order valence-corrected chi connectivity index (χ1v) is 9.88. The average Bonchev–Trinajstić information content (AvgIpc) is 3.33. The molecule has 0 bridgehead atoms. The average molecular weight is 393 g/mol. The predicted molar refractivity (Wildman–Crippen MR) is 102 cm³/mol. The Labute approximate surface area is 161 Å². The number of aromatic nitrogens is 1. The largest absolute Gasteiger partial charge is 0.363 e. The lowest BCUT2D eigenvalue weighted by Crippen LogP contribution is -2.15. The van der Waals surface area contributed by atoms with Crippen molar-refractivity contribution in [2.24, 2.45) is 0 Å². The second-order valence-corrected chi connectivity index (χ2v) is 7.92. The highest BCUT2D eigenvalue weighted by Crippen LogP contribution is 2.29. The maximum absolute atomic E-state index is 12.9. The minimum absolute atomic E-state index is 0.0751. The van der Waals surface area contributed by atoms with Gasteiger partial charge in [0.05, 0.1) is 10.6 Å². The van der Waals surface area contributed by atoms with Crippen molar-refractivity contribution in [1.82, 2.24) is 10.5 Å². The third-order valence-corrected chi connectivity index (χ3v) is 5.70. The van der Waals surface area contributed by atoms with E-state index in [4.69, 9.17) is 4.52 Å². The van der Waals surface area contributed by atoms with Crippen LogP contribution in [0, 0.1) is 18.8 Å². The van der Waals surface area contributed by atoms with Crippen LogP contribution in [-0.4, -0.2) is 19.5 Å². The summed E-state index contributed by atoms with van der Waals surface area (Å²) in [5, 5.41) is 6.42. The number of hydrogen-bond acceptors (Lipinski definition) is 5. The quantitative estimate of drug-likeness (QED) is 0.666. The summed E-state index contributed by atoms with van der Waals surface area (Å²) >= 11 is 0.